The predicted molar refractivity (Wildman–Crippen MR) is 67.6 cm³/mol. The van der Waals surface area contributed by atoms with Crippen molar-refractivity contribution in [2.75, 3.05) is 0 Å². The van der Waals surface area contributed by atoms with E-state index in [-0.39, 0.29) is 0 Å². The predicted octanol–water partition coefficient (Wildman–Crippen LogP) is 4.32. The van der Waals surface area contributed by atoms with Crippen molar-refractivity contribution in [2.24, 2.45) is 0 Å². The minimum atomic E-state index is 0.858. The highest BCUT2D eigenvalue weighted by Crippen LogP contribution is 2.28. The van der Waals surface area contributed by atoms with E-state index in [1.54, 1.807) is 6.20 Å². The van der Waals surface area contributed by atoms with Gasteiger partial charge in [-0.2, -0.15) is 0 Å². The average Bonchev–Trinajstić information content (AvgIpc) is 2.71. The molecule has 0 saturated heterocycles. The number of aromatic nitrogens is 1. The molecule has 2 heterocycles. The molecular weight excluding hydrogens is 198 g/mol. The Bertz CT molecular complexity index is 610. The van der Waals surface area contributed by atoms with Gasteiger partial charge in [0.15, 0.2) is 5.58 Å². The molecule has 2 nitrogen and oxygen atoms in total. The summed E-state index contributed by atoms with van der Waals surface area (Å²) < 4.78 is 5.67. The molecule has 16 heavy (non-hydrogen) atoms. The van der Waals surface area contributed by atoms with E-state index >= 15 is 0 Å². The van der Waals surface area contributed by atoms with E-state index in [4.69, 9.17) is 4.42 Å². The summed E-state index contributed by atoms with van der Waals surface area (Å²) in [5, 5.41) is 1.13. The fraction of sp³-hybridized carbons (Fsp3) is 0.214. The largest absolute Gasteiger partial charge is 0.454 e. The van der Waals surface area contributed by atoms with Crippen LogP contribution in [-0.2, 0) is 0 Å². The first-order valence-corrected chi connectivity index (χ1v) is 5.59. The van der Waals surface area contributed by atoms with Crippen LogP contribution in [0.2, 0.25) is 0 Å². The molecule has 3 rings (SSSR count). The van der Waals surface area contributed by atoms with Crippen LogP contribution in [0.1, 0.15) is 19.4 Å². The normalized spacial score (nSPS) is 10.2. The van der Waals surface area contributed by atoms with Crippen LogP contribution in [0.3, 0.4) is 0 Å². The minimum Gasteiger partial charge on any atom is -0.454 e. The zero-order valence-electron chi connectivity index (χ0n) is 9.82. The summed E-state index contributed by atoms with van der Waals surface area (Å²) >= 11 is 0. The van der Waals surface area contributed by atoms with Crippen molar-refractivity contribution >= 4 is 22.1 Å². The fourth-order valence-electron chi connectivity index (χ4n) is 1.81. The van der Waals surface area contributed by atoms with Crippen molar-refractivity contribution in [2.45, 2.75) is 20.8 Å². The summed E-state index contributed by atoms with van der Waals surface area (Å²) in [6.45, 7) is 6.08. The fourth-order valence-corrected chi connectivity index (χ4v) is 1.81. The summed E-state index contributed by atoms with van der Waals surface area (Å²) in [4.78, 5) is 4.34. The van der Waals surface area contributed by atoms with E-state index in [0.717, 1.165) is 22.1 Å². The Labute approximate surface area is 94.9 Å². The lowest BCUT2D eigenvalue weighted by molar-refractivity contribution is 0.668. The number of hydrogen-bond acceptors (Lipinski definition) is 2. The van der Waals surface area contributed by atoms with Gasteiger partial charge in [-0.1, -0.05) is 26.0 Å². The lowest BCUT2D eigenvalue weighted by Crippen LogP contribution is -1.75. The van der Waals surface area contributed by atoms with E-state index in [0.29, 0.717) is 0 Å². The molecule has 0 saturated carbocycles. The number of nitrogens with zero attached hydrogens (tertiary/aromatic N) is 1. The molecule has 2 aromatic heterocycles. The van der Waals surface area contributed by atoms with Gasteiger partial charge < -0.3 is 4.42 Å². The number of fused-ring (bicyclic) bond motifs is 3. The first-order valence-electron chi connectivity index (χ1n) is 5.59. The minimum absolute atomic E-state index is 0.858. The highest BCUT2D eigenvalue weighted by Gasteiger charge is 2.08. The zero-order chi connectivity index (χ0) is 11.5. The molecule has 0 atom stereocenters. The van der Waals surface area contributed by atoms with Crippen LogP contribution in [0.5, 0.6) is 0 Å². The number of hydrogen-bond donors (Lipinski definition) is 0. The number of pyridine rings is 1. The van der Waals surface area contributed by atoms with Gasteiger partial charge in [0.25, 0.3) is 0 Å². The number of benzene rings is 1. The van der Waals surface area contributed by atoms with Gasteiger partial charge in [-0.25, -0.2) is 0 Å². The van der Waals surface area contributed by atoms with Crippen LogP contribution in [0, 0.1) is 6.92 Å². The molecule has 0 aliphatic heterocycles. The number of aryl methyl sites for hydroxylation is 1. The average molecular weight is 213 g/mol. The summed E-state index contributed by atoms with van der Waals surface area (Å²) in [5.74, 6) is 0. The first kappa shape index (κ1) is 10.7. The molecule has 82 valence electrons. The van der Waals surface area contributed by atoms with Crippen molar-refractivity contribution in [3.8, 4) is 0 Å². The Morgan fingerprint density at radius 1 is 1.00 bits per heavy atom. The van der Waals surface area contributed by atoms with E-state index in [2.05, 4.69) is 18.0 Å². The van der Waals surface area contributed by atoms with Crippen LogP contribution in [0.15, 0.2) is 40.9 Å². The Kier molecular flexibility index (Phi) is 2.91. The van der Waals surface area contributed by atoms with E-state index in [1.165, 1.54) is 5.56 Å². The quantitative estimate of drug-likeness (QED) is 0.556. The Hall–Kier alpha value is -1.83. The monoisotopic (exact) mass is 213 g/mol. The maximum absolute atomic E-state index is 5.67. The SMILES string of the molecule is CC.Cc1cccc2oc3cccnc3c12. The van der Waals surface area contributed by atoms with Crippen molar-refractivity contribution < 1.29 is 4.42 Å². The van der Waals surface area contributed by atoms with E-state index in [9.17, 15) is 0 Å². The smallest absolute Gasteiger partial charge is 0.153 e. The lowest BCUT2D eigenvalue weighted by atomic mass is 10.1. The molecule has 0 N–H and O–H groups in total. The molecule has 1 aromatic carbocycles. The van der Waals surface area contributed by atoms with Crippen LogP contribution in [-0.4, -0.2) is 4.98 Å². The molecule has 0 fully saturated rings. The Balaban J connectivity index is 0.000000457. The van der Waals surface area contributed by atoms with Crippen LogP contribution >= 0.6 is 0 Å². The maximum Gasteiger partial charge on any atom is 0.153 e. The van der Waals surface area contributed by atoms with Gasteiger partial charge in [0.05, 0.1) is 0 Å². The molecule has 2 heteroatoms. The molecule has 0 bridgehead atoms. The third-order valence-electron chi connectivity index (χ3n) is 2.46. The van der Waals surface area contributed by atoms with Gasteiger partial charge in [-0.15, -0.1) is 0 Å². The van der Waals surface area contributed by atoms with Crippen molar-refractivity contribution in [1.29, 1.82) is 0 Å². The molecule has 0 aliphatic rings. The van der Waals surface area contributed by atoms with Crippen LogP contribution in [0.25, 0.3) is 22.1 Å². The van der Waals surface area contributed by atoms with Gasteiger partial charge >= 0.3 is 0 Å². The maximum atomic E-state index is 5.67. The van der Waals surface area contributed by atoms with Gasteiger partial charge in [-0.3, -0.25) is 4.98 Å². The molecule has 0 amide bonds. The molecular formula is C14H15NO. The van der Waals surface area contributed by atoms with Gasteiger partial charge in [0.1, 0.15) is 11.1 Å². The lowest BCUT2D eigenvalue weighted by Gasteiger charge is -1.92. The van der Waals surface area contributed by atoms with E-state index < -0.39 is 0 Å². The molecule has 0 unspecified atom stereocenters. The summed E-state index contributed by atoms with van der Waals surface area (Å²) in [5.41, 5.74) is 3.94. The third-order valence-corrected chi connectivity index (χ3v) is 2.46. The second-order valence-corrected chi connectivity index (χ2v) is 3.40. The molecule has 0 aliphatic carbocycles. The summed E-state index contributed by atoms with van der Waals surface area (Å²) in [6, 6.07) is 9.89. The van der Waals surface area contributed by atoms with Crippen LogP contribution in [0.4, 0.5) is 0 Å². The van der Waals surface area contributed by atoms with E-state index in [1.807, 2.05) is 38.1 Å². The second-order valence-electron chi connectivity index (χ2n) is 3.40. The zero-order valence-corrected chi connectivity index (χ0v) is 9.82. The topological polar surface area (TPSA) is 26.0 Å². The highest BCUT2D eigenvalue weighted by atomic mass is 16.3. The van der Waals surface area contributed by atoms with Crippen molar-refractivity contribution in [1.82, 2.24) is 4.98 Å². The summed E-state index contributed by atoms with van der Waals surface area (Å²) in [6.07, 6.45) is 1.80. The third kappa shape index (κ3) is 1.56. The van der Waals surface area contributed by atoms with Crippen molar-refractivity contribution in [3.05, 3.63) is 42.1 Å². The van der Waals surface area contributed by atoms with Gasteiger partial charge in [0, 0.05) is 11.6 Å². The van der Waals surface area contributed by atoms with Gasteiger partial charge in [0.2, 0.25) is 0 Å². The number of rotatable bonds is 0. The first-order chi connectivity index (χ1) is 7.86. The summed E-state index contributed by atoms with van der Waals surface area (Å²) in [7, 11) is 0. The molecule has 0 spiro atoms. The second kappa shape index (κ2) is 4.35. The van der Waals surface area contributed by atoms with Crippen molar-refractivity contribution in [3.63, 3.8) is 0 Å². The number of furan rings is 1. The Morgan fingerprint density at radius 3 is 2.56 bits per heavy atom. The van der Waals surface area contributed by atoms with Crippen LogP contribution < -0.4 is 0 Å². The van der Waals surface area contributed by atoms with Gasteiger partial charge in [-0.05, 0) is 30.7 Å². The molecule has 3 aromatic rings. The highest BCUT2D eigenvalue weighted by molar-refractivity contribution is 6.03. The molecule has 0 radical (unpaired) electrons. The Morgan fingerprint density at radius 2 is 1.75 bits per heavy atom. The standard InChI is InChI=1S/C12H9NO.C2H6/c1-8-4-2-5-9-11(8)12-10(14-9)6-3-7-13-12;1-2/h2-7H,1H3;1-2H3.